The average molecular weight is 220 g/mol. The largest absolute Gasteiger partial charge is 0.314 e. The number of rotatable bonds is 5. The molecule has 0 amide bonds. The van der Waals surface area contributed by atoms with Gasteiger partial charge >= 0.3 is 0 Å². The van der Waals surface area contributed by atoms with Crippen LogP contribution >= 0.6 is 0 Å². The van der Waals surface area contributed by atoms with Crippen molar-refractivity contribution in [1.29, 1.82) is 0 Å². The van der Waals surface area contributed by atoms with Crippen LogP contribution in [0, 0.1) is 0 Å². The van der Waals surface area contributed by atoms with Crippen LogP contribution in [0.2, 0.25) is 0 Å². The lowest BCUT2D eigenvalue weighted by Crippen LogP contribution is -2.57. The average Bonchev–Trinajstić information content (AvgIpc) is 2.26. The lowest BCUT2D eigenvalue weighted by atomic mass is 10.1. The zero-order chi connectivity index (χ0) is 11.4. The van der Waals surface area contributed by atoms with Crippen molar-refractivity contribution in [2.24, 2.45) is 0 Å². The fourth-order valence-electron chi connectivity index (χ4n) is 2.15. The summed E-state index contributed by atoms with van der Waals surface area (Å²) in [5.41, 5.74) is 1.07. The molecule has 2 heterocycles. The van der Waals surface area contributed by atoms with Gasteiger partial charge in [-0.2, -0.15) is 0 Å². The van der Waals surface area contributed by atoms with Crippen LogP contribution in [0.4, 0.5) is 0 Å². The normalized spacial score (nSPS) is 18.4. The summed E-state index contributed by atoms with van der Waals surface area (Å²) in [4.78, 5) is 11.1. The predicted octanol–water partition coefficient (Wildman–Crippen LogP) is 1.22. The predicted molar refractivity (Wildman–Crippen MR) is 64.1 cm³/mol. The van der Waals surface area contributed by atoms with E-state index in [9.17, 15) is 0 Å². The van der Waals surface area contributed by atoms with Gasteiger partial charge in [0.25, 0.3) is 0 Å². The van der Waals surface area contributed by atoms with Gasteiger partial charge < -0.3 is 5.32 Å². The summed E-state index contributed by atoms with van der Waals surface area (Å²) in [7, 11) is 0. The second-order valence-corrected chi connectivity index (χ2v) is 4.36. The SMILES string of the molecule is CCCN(C1CNC1)C(C)c1cnccn1. The van der Waals surface area contributed by atoms with Crippen LogP contribution in [0.5, 0.6) is 0 Å². The van der Waals surface area contributed by atoms with Crippen molar-refractivity contribution in [1.82, 2.24) is 20.2 Å². The van der Waals surface area contributed by atoms with Crippen molar-refractivity contribution in [3.63, 3.8) is 0 Å². The zero-order valence-electron chi connectivity index (χ0n) is 10.1. The molecule has 16 heavy (non-hydrogen) atoms. The fourth-order valence-corrected chi connectivity index (χ4v) is 2.15. The van der Waals surface area contributed by atoms with E-state index in [0.717, 1.165) is 25.3 Å². The molecule has 1 atom stereocenters. The van der Waals surface area contributed by atoms with E-state index in [-0.39, 0.29) is 0 Å². The van der Waals surface area contributed by atoms with Crippen molar-refractivity contribution in [3.8, 4) is 0 Å². The summed E-state index contributed by atoms with van der Waals surface area (Å²) in [6.45, 7) is 7.78. The number of hydrogen-bond donors (Lipinski definition) is 1. The Bertz CT molecular complexity index is 310. The zero-order valence-corrected chi connectivity index (χ0v) is 10.1. The number of nitrogens with one attached hydrogen (secondary N) is 1. The Morgan fingerprint density at radius 2 is 2.31 bits per heavy atom. The molecular weight excluding hydrogens is 200 g/mol. The highest BCUT2D eigenvalue weighted by molar-refractivity contribution is 5.03. The van der Waals surface area contributed by atoms with Gasteiger partial charge in [-0.15, -0.1) is 0 Å². The molecule has 4 heteroatoms. The Kier molecular flexibility index (Phi) is 3.85. The van der Waals surface area contributed by atoms with Crippen molar-refractivity contribution >= 4 is 0 Å². The molecule has 0 aromatic carbocycles. The first-order valence-corrected chi connectivity index (χ1v) is 6.05. The van der Waals surface area contributed by atoms with Gasteiger partial charge in [0.1, 0.15) is 0 Å². The molecule has 0 bridgehead atoms. The molecular formula is C12H20N4. The maximum absolute atomic E-state index is 4.40. The molecule has 1 aromatic heterocycles. The van der Waals surface area contributed by atoms with E-state index in [1.807, 2.05) is 6.20 Å². The maximum Gasteiger partial charge on any atom is 0.0755 e. The van der Waals surface area contributed by atoms with E-state index in [2.05, 4.69) is 34.0 Å². The topological polar surface area (TPSA) is 41.0 Å². The first-order valence-electron chi connectivity index (χ1n) is 6.05. The summed E-state index contributed by atoms with van der Waals surface area (Å²) in [5.74, 6) is 0. The van der Waals surface area contributed by atoms with Gasteiger partial charge in [0.05, 0.1) is 11.7 Å². The van der Waals surface area contributed by atoms with Crippen LogP contribution in [0.1, 0.15) is 32.0 Å². The second kappa shape index (κ2) is 5.37. The van der Waals surface area contributed by atoms with E-state index < -0.39 is 0 Å². The maximum atomic E-state index is 4.40. The van der Waals surface area contributed by atoms with Crippen LogP contribution in [0.3, 0.4) is 0 Å². The minimum Gasteiger partial charge on any atom is -0.314 e. The Morgan fingerprint density at radius 3 is 2.81 bits per heavy atom. The molecule has 1 aromatic rings. The van der Waals surface area contributed by atoms with Crippen LogP contribution in [0.15, 0.2) is 18.6 Å². The van der Waals surface area contributed by atoms with Gasteiger partial charge in [-0.05, 0) is 19.9 Å². The van der Waals surface area contributed by atoms with E-state index in [0.29, 0.717) is 12.1 Å². The molecule has 1 unspecified atom stereocenters. The standard InChI is InChI=1S/C12H20N4/c1-3-6-16(11-7-14-8-11)10(2)12-9-13-4-5-15-12/h4-5,9-11,14H,3,6-8H2,1-2H3. The Labute approximate surface area is 97.1 Å². The highest BCUT2D eigenvalue weighted by Gasteiger charge is 2.28. The minimum atomic E-state index is 0.362. The number of aromatic nitrogens is 2. The molecule has 88 valence electrons. The first-order chi connectivity index (χ1) is 7.83. The van der Waals surface area contributed by atoms with E-state index in [4.69, 9.17) is 0 Å². The van der Waals surface area contributed by atoms with Gasteiger partial charge in [0.2, 0.25) is 0 Å². The second-order valence-electron chi connectivity index (χ2n) is 4.36. The van der Waals surface area contributed by atoms with Crippen LogP contribution in [-0.2, 0) is 0 Å². The summed E-state index contributed by atoms with van der Waals surface area (Å²) in [5, 5.41) is 3.33. The molecule has 1 saturated heterocycles. The number of nitrogens with zero attached hydrogens (tertiary/aromatic N) is 3. The summed E-state index contributed by atoms with van der Waals surface area (Å²) < 4.78 is 0. The lowest BCUT2D eigenvalue weighted by Gasteiger charge is -2.41. The molecule has 0 radical (unpaired) electrons. The first kappa shape index (κ1) is 11.5. The van der Waals surface area contributed by atoms with Crippen molar-refractivity contribution in [2.75, 3.05) is 19.6 Å². The van der Waals surface area contributed by atoms with E-state index in [1.54, 1.807) is 12.4 Å². The third-order valence-electron chi connectivity index (χ3n) is 3.22. The fraction of sp³-hybridized carbons (Fsp3) is 0.667. The molecule has 2 rings (SSSR count). The smallest absolute Gasteiger partial charge is 0.0755 e. The molecule has 1 fully saturated rings. The van der Waals surface area contributed by atoms with Crippen LogP contribution < -0.4 is 5.32 Å². The molecule has 4 nitrogen and oxygen atoms in total. The Morgan fingerprint density at radius 1 is 1.50 bits per heavy atom. The summed E-state index contributed by atoms with van der Waals surface area (Å²) in [6.07, 6.45) is 6.56. The van der Waals surface area contributed by atoms with Crippen LogP contribution in [-0.4, -0.2) is 40.5 Å². The van der Waals surface area contributed by atoms with Gasteiger partial charge in [-0.25, -0.2) is 0 Å². The van der Waals surface area contributed by atoms with E-state index >= 15 is 0 Å². The van der Waals surface area contributed by atoms with Gasteiger partial charge in [0.15, 0.2) is 0 Å². The van der Waals surface area contributed by atoms with Crippen LogP contribution in [0.25, 0.3) is 0 Å². The quantitative estimate of drug-likeness (QED) is 0.810. The van der Waals surface area contributed by atoms with Gasteiger partial charge in [0, 0.05) is 37.7 Å². The molecule has 1 aliphatic rings. The molecule has 1 N–H and O–H groups in total. The van der Waals surface area contributed by atoms with Gasteiger partial charge in [-0.1, -0.05) is 6.92 Å². The number of hydrogen-bond acceptors (Lipinski definition) is 4. The molecule has 1 aliphatic heterocycles. The van der Waals surface area contributed by atoms with Crippen molar-refractivity contribution < 1.29 is 0 Å². The van der Waals surface area contributed by atoms with Crippen molar-refractivity contribution in [3.05, 3.63) is 24.3 Å². The monoisotopic (exact) mass is 220 g/mol. The molecule has 0 saturated carbocycles. The molecule has 0 spiro atoms. The Balaban J connectivity index is 2.07. The Hall–Kier alpha value is -1.00. The third-order valence-corrected chi connectivity index (χ3v) is 3.22. The highest BCUT2D eigenvalue weighted by atomic mass is 15.3. The summed E-state index contributed by atoms with van der Waals surface area (Å²) >= 11 is 0. The van der Waals surface area contributed by atoms with Crippen molar-refractivity contribution in [2.45, 2.75) is 32.4 Å². The van der Waals surface area contributed by atoms with Gasteiger partial charge in [-0.3, -0.25) is 14.9 Å². The van der Waals surface area contributed by atoms with E-state index in [1.165, 1.54) is 6.42 Å². The lowest BCUT2D eigenvalue weighted by molar-refractivity contribution is 0.101. The minimum absolute atomic E-state index is 0.362. The highest BCUT2D eigenvalue weighted by Crippen LogP contribution is 2.21. The third kappa shape index (κ3) is 2.39. The molecule has 0 aliphatic carbocycles. The summed E-state index contributed by atoms with van der Waals surface area (Å²) in [6, 6.07) is 1.03.